The highest BCUT2D eigenvalue weighted by atomic mass is 14.2. The van der Waals surface area contributed by atoms with Crippen LogP contribution < -0.4 is 0 Å². The maximum absolute atomic E-state index is 4.12. The van der Waals surface area contributed by atoms with Crippen molar-refractivity contribution in [1.29, 1.82) is 0 Å². The first-order valence-corrected chi connectivity index (χ1v) is 5.35. The molecule has 0 aromatic rings. The van der Waals surface area contributed by atoms with Gasteiger partial charge in [-0.25, -0.2) is 0 Å². The van der Waals surface area contributed by atoms with Gasteiger partial charge in [0.15, 0.2) is 0 Å². The lowest BCUT2D eigenvalue weighted by molar-refractivity contribution is 0.383. The minimum absolute atomic E-state index is 0.912. The van der Waals surface area contributed by atoms with Crippen LogP contribution in [-0.2, 0) is 0 Å². The van der Waals surface area contributed by atoms with E-state index >= 15 is 0 Å². The zero-order chi connectivity index (χ0) is 8.97. The van der Waals surface area contributed by atoms with Gasteiger partial charge in [-0.3, -0.25) is 0 Å². The van der Waals surface area contributed by atoms with Crippen molar-refractivity contribution < 1.29 is 0 Å². The molecular weight excluding hydrogens is 144 g/mol. The summed E-state index contributed by atoms with van der Waals surface area (Å²) in [5.74, 6) is 1.85. The Kier molecular flexibility index (Phi) is 3.84. The van der Waals surface area contributed by atoms with E-state index in [1.165, 1.54) is 44.1 Å². The summed E-state index contributed by atoms with van der Waals surface area (Å²) in [7, 11) is 0. The minimum atomic E-state index is 0.912. The maximum Gasteiger partial charge on any atom is -0.0320 e. The Morgan fingerprint density at radius 2 is 1.75 bits per heavy atom. The first-order valence-electron chi connectivity index (χ1n) is 5.35. The zero-order valence-corrected chi connectivity index (χ0v) is 8.60. The summed E-state index contributed by atoms with van der Waals surface area (Å²) in [5.41, 5.74) is 1.48. The molecule has 0 radical (unpaired) electrons. The summed E-state index contributed by atoms with van der Waals surface area (Å²) in [6.07, 6.45) is 8.11. The van der Waals surface area contributed by atoms with Gasteiger partial charge in [0.05, 0.1) is 0 Å². The van der Waals surface area contributed by atoms with Crippen molar-refractivity contribution in [3.63, 3.8) is 0 Å². The van der Waals surface area contributed by atoms with E-state index in [4.69, 9.17) is 0 Å². The molecule has 0 saturated heterocycles. The molecule has 0 spiro atoms. The van der Waals surface area contributed by atoms with E-state index < -0.39 is 0 Å². The Balaban J connectivity index is 2.41. The third-order valence-corrected chi connectivity index (χ3v) is 3.02. The average Bonchev–Trinajstić information content (AvgIpc) is 2.05. The Labute approximate surface area is 77.1 Å². The van der Waals surface area contributed by atoms with Crippen LogP contribution in [0.15, 0.2) is 12.2 Å². The monoisotopic (exact) mass is 166 g/mol. The lowest BCUT2D eigenvalue weighted by Gasteiger charge is -2.14. The molecule has 12 heavy (non-hydrogen) atoms. The van der Waals surface area contributed by atoms with Crippen molar-refractivity contribution in [2.24, 2.45) is 11.8 Å². The molecule has 1 aliphatic rings. The molecule has 0 nitrogen and oxygen atoms in total. The smallest absolute Gasteiger partial charge is 0.0320 e. The van der Waals surface area contributed by atoms with Crippen molar-refractivity contribution in [1.82, 2.24) is 0 Å². The number of allylic oxidation sites excluding steroid dienone is 1. The lowest BCUT2D eigenvalue weighted by atomic mass is 9.92. The number of rotatable bonds is 0. The summed E-state index contributed by atoms with van der Waals surface area (Å²) in [4.78, 5) is 0. The highest BCUT2D eigenvalue weighted by molar-refractivity contribution is 4.94. The third kappa shape index (κ3) is 3.42. The van der Waals surface area contributed by atoms with Crippen molar-refractivity contribution >= 4 is 0 Å². The first-order chi connectivity index (χ1) is 5.68. The zero-order valence-electron chi connectivity index (χ0n) is 8.60. The lowest BCUT2D eigenvalue weighted by Crippen LogP contribution is -2.01. The van der Waals surface area contributed by atoms with Gasteiger partial charge in [0.1, 0.15) is 0 Å². The first kappa shape index (κ1) is 9.83. The highest BCUT2D eigenvalue weighted by Crippen LogP contribution is 2.26. The fourth-order valence-electron chi connectivity index (χ4n) is 2.20. The van der Waals surface area contributed by atoms with Crippen LogP contribution in [-0.4, -0.2) is 0 Å². The van der Waals surface area contributed by atoms with E-state index in [1.807, 2.05) is 0 Å². The summed E-state index contributed by atoms with van der Waals surface area (Å²) < 4.78 is 0. The van der Waals surface area contributed by atoms with Crippen LogP contribution in [0, 0.1) is 11.8 Å². The summed E-state index contributed by atoms with van der Waals surface area (Å²) in [6.45, 7) is 8.89. The van der Waals surface area contributed by atoms with Gasteiger partial charge >= 0.3 is 0 Å². The van der Waals surface area contributed by atoms with Gasteiger partial charge in [-0.05, 0) is 43.9 Å². The minimum Gasteiger partial charge on any atom is -0.0999 e. The largest absolute Gasteiger partial charge is 0.0999 e. The second-order valence-corrected chi connectivity index (χ2v) is 4.63. The second kappa shape index (κ2) is 4.69. The van der Waals surface area contributed by atoms with Crippen LogP contribution >= 0.6 is 0 Å². The van der Waals surface area contributed by atoms with Gasteiger partial charge in [-0.2, -0.15) is 0 Å². The van der Waals surface area contributed by atoms with Gasteiger partial charge in [0.25, 0.3) is 0 Å². The molecule has 0 bridgehead atoms. The van der Waals surface area contributed by atoms with E-state index in [1.54, 1.807) is 0 Å². The van der Waals surface area contributed by atoms with Gasteiger partial charge in [-0.1, -0.05) is 32.4 Å². The number of hydrogen-bond donors (Lipinski definition) is 0. The molecule has 2 atom stereocenters. The molecule has 0 amide bonds. The standard InChI is InChI=1S/C12H22/c1-10-5-4-6-11(2)9-12(3)8-7-10/h11-12H,1,4-9H2,2-3H3/t11-,12-/m1/s1. The average molecular weight is 166 g/mol. The normalized spacial score (nSPS) is 33.7. The molecule has 0 aromatic carbocycles. The highest BCUT2D eigenvalue weighted by Gasteiger charge is 2.11. The molecule has 0 unspecified atom stereocenters. The Bertz CT molecular complexity index is 146. The predicted octanol–water partition coefficient (Wildman–Crippen LogP) is 4.17. The molecule has 0 heterocycles. The Morgan fingerprint density at radius 1 is 1.08 bits per heavy atom. The van der Waals surface area contributed by atoms with Crippen LogP contribution in [0.5, 0.6) is 0 Å². The summed E-state index contributed by atoms with van der Waals surface area (Å²) in [6, 6.07) is 0. The molecule has 0 aromatic heterocycles. The van der Waals surface area contributed by atoms with E-state index in [2.05, 4.69) is 20.4 Å². The molecule has 1 aliphatic carbocycles. The molecule has 0 N–H and O–H groups in total. The second-order valence-electron chi connectivity index (χ2n) is 4.63. The summed E-state index contributed by atoms with van der Waals surface area (Å²) in [5, 5.41) is 0. The SMILES string of the molecule is C=C1CCC[C@@H](C)C[C@H](C)CC1. The van der Waals surface area contributed by atoms with Crippen molar-refractivity contribution in [3.05, 3.63) is 12.2 Å². The van der Waals surface area contributed by atoms with Crippen molar-refractivity contribution in [3.8, 4) is 0 Å². The molecule has 1 saturated carbocycles. The van der Waals surface area contributed by atoms with E-state index in [9.17, 15) is 0 Å². The molecule has 1 fully saturated rings. The predicted molar refractivity (Wildman–Crippen MR) is 55.2 cm³/mol. The van der Waals surface area contributed by atoms with Gasteiger partial charge in [0.2, 0.25) is 0 Å². The molecular formula is C12H22. The van der Waals surface area contributed by atoms with Crippen LogP contribution in [0.2, 0.25) is 0 Å². The van der Waals surface area contributed by atoms with E-state index in [0.717, 1.165) is 11.8 Å². The van der Waals surface area contributed by atoms with Gasteiger partial charge in [-0.15, -0.1) is 0 Å². The van der Waals surface area contributed by atoms with E-state index in [0.29, 0.717) is 0 Å². The van der Waals surface area contributed by atoms with Crippen LogP contribution in [0.4, 0.5) is 0 Å². The molecule has 0 heteroatoms. The van der Waals surface area contributed by atoms with Crippen LogP contribution in [0.25, 0.3) is 0 Å². The number of hydrogen-bond acceptors (Lipinski definition) is 0. The molecule has 0 aliphatic heterocycles. The van der Waals surface area contributed by atoms with Crippen LogP contribution in [0.1, 0.15) is 52.4 Å². The fourth-order valence-corrected chi connectivity index (χ4v) is 2.20. The van der Waals surface area contributed by atoms with Gasteiger partial charge < -0.3 is 0 Å². The van der Waals surface area contributed by atoms with Crippen molar-refractivity contribution in [2.45, 2.75) is 52.4 Å². The molecule has 70 valence electrons. The van der Waals surface area contributed by atoms with Crippen LogP contribution in [0.3, 0.4) is 0 Å². The summed E-state index contributed by atoms with van der Waals surface area (Å²) >= 11 is 0. The topological polar surface area (TPSA) is 0 Å². The quantitative estimate of drug-likeness (QED) is 0.474. The molecule has 1 rings (SSSR count). The maximum atomic E-state index is 4.12. The third-order valence-electron chi connectivity index (χ3n) is 3.02. The Morgan fingerprint density at radius 3 is 2.50 bits per heavy atom. The Hall–Kier alpha value is -0.260. The van der Waals surface area contributed by atoms with Gasteiger partial charge in [0, 0.05) is 0 Å². The van der Waals surface area contributed by atoms with Crippen molar-refractivity contribution in [2.75, 3.05) is 0 Å². The van der Waals surface area contributed by atoms with E-state index in [-0.39, 0.29) is 0 Å². The fraction of sp³-hybridized carbons (Fsp3) is 0.833.